The van der Waals surface area contributed by atoms with Crippen LogP contribution in [-0.4, -0.2) is 53.7 Å². The van der Waals surface area contributed by atoms with Gasteiger partial charge in [0.1, 0.15) is 6.04 Å². The lowest BCUT2D eigenvalue weighted by molar-refractivity contribution is -0.145. The van der Waals surface area contributed by atoms with Crippen molar-refractivity contribution in [3.05, 3.63) is 10.6 Å². The Bertz CT molecular complexity index is 851. The summed E-state index contributed by atoms with van der Waals surface area (Å²) in [6.07, 6.45) is 8.99. The third kappa shape index (κ3) is 6.54. The Hall–Kier alpha value is -1.94. The maximum Gasteiger partial charge on any atom is 0.328 e. The molecule has 2 N–H and O–H groups in total. The van der Waals surface area contributed by atoms with Crippen molar-refractivity contribution in [1.82, 2.24) is 10.3 Å². The van der Waals surface area contributed by atoms with Crippen LogP contribution in [0.15, 0.2) is 0 Å². The molecule has 0 aromatic carbocycles. The number of nitrogens with zero attached hydrogens (tertiary/aromatic N) is 1. The zero-order chi connectivity index (χ0) is 23.1. The molecule has 32 heavy (non-hydrogen) atoms. The molecule has 0 aliphatic heterocycles. The molecule has 2 aliphatic rings. The minimum absolute atomic E-state index is 0.0624. The standard InChI is InChI=1S/C22H31N3O5S2/c1-30-21(29)15(8-9-31-2)23-20(28)14-11-16-19(17(26)12-14)32-22(24-16)25-18(27)10-13-6-4-3-5-7-13/h13-15H,3-12H2,1-2H3,(H,23,28)(H,24,25,27)/t14-,15-/m1/s1. The van der Waals surface area contributed by atoms with Gasteiger partial charge in [-0.3, -0.25) is 14.4 Å². The quantitative estimate of drug-likeness (QED) is 0.521. The van der Waals surface area contributed by atoms with E-state index in [1.807, 2.05) is 6.26 Å². The summed E-state index contributed by atoms with van der Waals surface area (Å²) < 4.78 is 4.79. The van der Waals surface area contributed by atoms with E-state index in [1.165, 1.54) is 37.7 Å². The van der Waals surface area contributed by atoms with Crippen LogP contribution >= 0.6 is 23.1 Å². The Morgan fingerprint density at radius 1 is 1.22 bits per heavy atom. The topological polar surface area (TPSA) is 114 Å². The Labute approximate surface area is 196 Å². The summed E-state index contributed by atoms with van der Waals surface area (Å²) in [5, 5.41) is 5.99. The Kier molecular flexibility index (Phi) is 9.10. The van der Waals surface area contributed by atoms with Gasteiger partial charge in [0.05, 0.1) is 23.6 Å². The summed E-state index contributed by atoms with van der Waals surface area (Å²) in [6, 6.07) is -0.735. The second kappa shape index (κ2) is 11.8. The van der Waals surface area contributed by atoms with E-state index in [0.29, 0.717) is 46.6 Å². The molecule has 1 fully saturated rings. The van der Waals surface area contributed by atoms with Gasteiger partial charge < -0.3 is 15.4 Å². The highest BCUT2D eigenvalue weighted by atomic mass is 32.2. The molecule has 2 aliphatic carbocycles. The number of methoxy groups -OCH3 is 1. The van der Waals surface area contributed by atoms with Gasteiger partial charge in [0.2, 0.25) is 11.8 Å². The second-order valence-corrected chi connectivity index (χ2v) is 10.4. The van der Waals surface area contributed by atoms with Crippen LogP contribution in [0, 0.1) is 11.8 Å². The van der Waals surface area contributed by atoms with Gasteiger partial charge in [0, 0.05) is 19.3 Å². The molecular formula is C22H31N3O5S2. The minimum Gasteiger partial charge on any atom is -0.467 e. The van der Waals surface area contributed by atoms with Gasteiger partial charge in [-0.05, 0) is 37.2 Å². The number of anilines is 1. The average molecular weight is 482 g/mol. The van der Waals surface area contributed by atoms with E-state index in [0.717, 1.165) is 12.8 Å². The number of carbonyl (C=O) groups is 4. The number of ketones is 1. The molecule has 0 saturated heterocycles. The van der Waals surface area contributed by atoms with Gasteiger partial charge in [-0.15, -0.1) is 0 Å². The fourth-order valence-electron chi connectivity index (χ4n) is 4.31. The van der Waals surface area contributed by atoms with Crippen molar-refractivity contribution in [2.45, 2.75) is 63.8 Å². The Morgan fingerprint density at radius 2 is 1.97 bits per heavy atom. The Morgan fingerprint density at radius 3 is 2.66 bits per heavy atom. The molecule has 0 radical (unpaired) electrons. The molecule has 0 spiro atoms. The van der Waals surface area contributed by atoms with Crippen LogP contribution in [0.1, 0.15) is 66.7 Å². The molecule has 0 bridgehead atoms. The molecule has 3 rings (SSSR count). The van der Waals surface area contributed by atoms with Crippen LogP contribution < -0.4 is 10.6 Å². The molecule has 1 aromatic heterocycles. The van der Waals surface area contributed by atoms with Gasteiger partial charge >= 0.3 is 5.97 Å². The van der Waals surface area contributed by atoms with E-state index in [1.54, 1.807) is 11.8 Å². The van der Waals surface area contributed by atoms with E-state index in [2.05, 4.69) is 15.6 Å². The van der Waals surface area contributed by atoms with E-state index < -0.39 is 17.9 Å². The first-order chi connectivity index (χ1) is 15.4. The van der Waals surface area contributed by atoms with Crippen LogP contribution in [-0.2, 0) is 25.5 Å². The smallest absolute Gasteiger partial charge is 0.328 e. The molecule has 8 nitrogen and oxygen atoms in total. The van der Waals surface area contributed by atoms with Crippen molar-refractivity contribution < 1.29 is 23.9 Å². The lowest BCUT2D eigenvalue weighted by atomic mass is 9.87. The number of fused-ring (bicyclic) bond motifs is 1. The summed E-state index contributed by atoms with van der Waals surface area (Å²) in [6.45, 7) is 0. The summed E-state index contributed by atoms with van der Waals surface area (Å²) in [5.74, 6) is -0.548. The fourth-order valence-corrected chi connectivity index (χ4v) is 5.74. The molecule has 2 amide bonds. The number of amides is 2. The first-order valence-corrected chi connectivity index (χ1v) is 13.3. The molecule has 2 atom stereocenters. The molecule has 0 unspecified atom stereocenters. The third-order valence-electron chi connectivity index (χ3n) is 6.05. The van der Waals surface area contributed by atoms with Crippen LogP contribution in [0.4, 0.5) is 5.13 Å². The Balaban J connectivity index is 1.60. The third-order valence-corrected chi connectivity index (χ3v) is 7.75. The maximum absolute atomic E-state index is 12.8. The van der Waals surface area contributed by atoms with E-state index in [4.69, 9.17) is 4.74 Å². The summed E-state index contributed by atoms with van der Waals surface area (Å²) in [7, 11) is 1.29. The molecular weight excluding hydrogens is 450 g/mol. The number of hydrogen-bond acceptors (Lipinski definition) is 8. The van der Waals surface area contributed by atoms with E-state index in [-0.39, 0.29) is 24.0 Å². The minimum atomic E-state index is -0.735. The predicted molar refractivity (Wildman–Crippen MR) is 125 cm³/mol. The number of thiazole rings is 1. The van der Waals surface area contributed by atoms with Gasteiger partial charge in [0.25, 0.3) is 0 Å². The number of hydrogen-bond donors (Lipinski definition) is 2. The highest BCUT2D eigenvalue weighted by Crippen LogP contribution is 2.33. The molecule has 10 heteroatoms. The van der Waals surface area contributed by atoms with Gasteiger partial charge in [-0.2, -0.15) is 11.8 Å². The van der Waals surface area contributed by atoms with Crippen molar-refractivity contribution in [2.24, 2.45) is 11.8 Å². The van der Waals surface area contributed by atoms with Crippen molar-refractivity contribution in [2.75, 3.05) is 24.4 Å². The van der Waals surface area contributed by atoms with Crippen molar-refractivity contribution in [3.8, 4) is 0 Å². The van der Waals surface area contributed by atoms with Crippen molar-refractivity contribution >= 4 is 51.8 Å². The number of carbonyl (C=O) groups excluding carboxylic acids is 4. The van der Waals surface area contributed by atoms with Crippen LogP contribution in [0.2, 0.25) is 0 Å². The number of esters is 1. The lowest BCUT2D eigenvalue weighted by Gasteiger charge is -2.22. The van der Waals surface area contributed by atoms with Gasteiger partial charge in [-0.1, -0.05) is 30.6 Å². The normalized spacial score (nSPS) is 19.7. The number of nitrogens with one attached hydrogen (secondary N) is 2. The van der Waals surface area contributed by atoms with Gasteiger partial charge in [0.15, 0.2) is 10.9 Å². The van der Waals surface area contributed by atoms with E-state index in [9.17, 15) is 19.2 Å². The van der Waals surface area contributed by atoms with Crippen molar-refractivity contribution in [3.63, 3.8) is 0 Å². The van der Waals surface area contributed by atoms with Crippen LogP contribution in [0.25, 0.3) is 0 Å². The average Bonchev–Trinajstić information content (AvgIpc) is 3.19. The van der Waals surface area contributed by atoms with Gasteiger partial charge in [-0.25, -0.2) is 9.78 Å². The van der Waals surface area contributed by atoms with Crippen LogP contribution in [0.3, 0.4) is 0 Å². The zero-order valence-electron chi connectivity index (χ0n) is 18.6. The zero-order valence-corrected chi connectivity index (χ0v) is 20.2. The highest BCUT2D eigenvalue weighted by Gasteiger charge is 2.35. The fraction of sp³-hybridized carbons (Fsp3) is 0.682. The first kappa shape index (κ1) is 24.7. The van der Waals surface area contributed by atoms with E-state index >= 15 is 0 Å². The molecule has 1 aromatic rings. The van der Waals surface area contributed by atoms with Crippen LogP contribution in [0.5, 0.6) is 0 Å². The first-order valence-electron chi connectivity index (χ1n) is 11.1. The highest BCUT2D eigenvalue weighted by molar-refractivity contribution is 7.98. The van der Waals surface area contributed by atoms with Crippen molar-refractivity contribution in [1.29, 1.82) is 0 Å². The number of rotatable bonds is 9. The number of ether oxygens (including phenoxy) is 1. The lowest BCUT2D eigenvalue weighted by Crippen LogP contribution is -2.46. The number of thioether (sulfide) groups is 1. The largest absolute Gasteiger partial charge is 0.467 e. The molecule has 1 saturated carbocycles. The predicted octanol–water partition coefficient (Wildman–Crippen LogP) is 3.21. The SMILES string of the molecule is COC(=O)[C@@H](CCSC)NC(=O)[C@H]1CC(=O)c2sc(NC(=O)CC3CCCCC3)nc2C1. The molecule has 176 valence electrons. The maximum atomic E-state index is 12.8. The number of aromatic nitrogens is 1. The summed E-state index contributed by atoms with van der Waals surface area (Å²) in [4.78, 5) is 54.8. The number of Topliss-reactive ketones (excluding diaryl/α,β-unsaturated/α-hetero) is 1. The molecule has 1 heterocycles. The summed E-state index contributed by atoms with van der Waals surface area (Å²) >= 11 is 2.75. The second-order valence-electron chi connectivity index (χ2n) is 8.45. The monoisotopic (exact) mass is 481 g/mol. The summed E-state index contributed by atoms with van der Waals surface area (Å²) in [5.41, 5.74) is 0.540.